The van der Waals surface area contributed by atoms with E-state index >= 15 is 0 Å². The Morgan fingerprint density at radius 2 is 2.00 bits per heavy atom. The summed E-state index contributed by atoms with van der Waals surface area (Å²) >= 11 is 1.71. The molecule has 2 aromatic rings. The highest BCUT2D eigenvalue weighted by Gasteiger charge is 2.33. The summed E-state index contributed by atoms with van der Waals surface area (Å²) in [6.45, 7) is 9.60. The molecule has 2 N–H and O–H groups in total. The highest BCUT2D eigenvalue weighted by atomic mass is 32.1. The molecule has 4 heteroatoms. The molecule has 1 aliphatic rings. The van der Waals surface area contributed by atoms with Crippen LogP contribution in [0.2, 0.25) is 0 Å². The third kappa shape index (κ3) is 6.15. The van der Waals surface area contributed by atoms with Gasteiger partial charge in [0.2, 0.25) is 0 Å². The van der Waals surface area contributed by atoms with E-state index in [1.165, 1.54) is 35.1 Å². The summed E-state index contributed by atoms with van der Waals surface area (Å²) in [5.41, 5.74) is 5.17. The van der Waals surface area contributed by atoms with Crippen molar-refractivity contribution < 1.29 is 9.84 Å². The van der Waals surface area contributed by atoms with Gasteiger partial charge in [0.25, 0.3) is 0 Å². The third-order valence-corrected chi connectivity index (χ3v) is 6.13. The standard InChI is InChI=1S/C23H33NO2S/c1-16-5-6-18(11-17(16)2)12-23(3,4)24-13-21(25)14-26-22(19-7-8-19)20-9-10-27-15-20/h5-6,9-11,15,19,21-22,24-25H,7-8,12-14H2,1-4H3/t21-,22?/m1/s1. The number of ether oxygens (including phenoxy) is 1. The van der Waals surface area contributed by atoms with Crippen molar-refractivity contribution in [2.45, 2.75) is 64.7 Å². The van der Waals surface area contributed by atoms with Crippen molar-refractivity contribution in [3.8, 4) is 0 Å². The van der Waals surface area contributed by atoms with Gasteiger partial charge in [0.05, 0.1) is 18.8 Å². The summed E-state index contributed by atoms with van der Waals surface area (Å²) in [4.78, 5) is 0. The Bertz CT molecular complexity index is 722. The van der Waals surface area contributed by atoms with Crippen molar-refractivity contribution in [1.29, 1.82) is 0 Å². The lowest BCUT2D eigenvalue weighted by Crippen LogP contribution is -2.46. The number of thiophene rings is 1. The first kappa shape index (κ1) is 20.5. The summed E-state index contributed by atoms with van der Waals surface area (Å²) in [6, 6.07) is 8.79. The lowest BCUT2D eigenvalue weighted by molar-refractivity contribution is -0.0209. The molecule has 0 radical (unpaired) electrons. The summed E-state index contributed by atoms with van der Waals surface area (Å²) < 4.78 is 6.10. The molecule has 1 unspecified atom stereocenters. The highest BCUT2D eigenvalue weighted by Crippen LogP contribution is 2.43. The van der Waals surface area contributed by atoms with Crippen LogP contribution in [0.5, 0.6) is 0 Å². The quantitative estimate of drug-likeness (QED) is 0.615. The van der Waals surface area contributed by atoms with Gasteiger partial charge in [-0.2, -0.15) is 11.3 Å². The van der Waals surface area contributed by atoms with Crippen LogP contribution in [0, 0.1) is 19.8 Å². The maximum absolute atomic E-state index is 10.4. The fourth-order valence-corrected chi connectivity index (χ4v) is 4.18. The Hall–Kier alpha value is -1.20. The van der Waals surface area contributed by atoms with E-state index in [2.05, 4.69) is 68.0 Å². The van der Waals surface area contributed by atoms with Crippen molar-refractivity contribution in [2.24, 2.45) is 5.92 Å². The fraction of sp³-hybridized carbons (Fsp3) is 0.565. The van der Waals surface area contributed by atoms with Crippen LogP contribution in [-0.4, -0.2) is 29.9 Å². The van der Waals surface area contributed by atoms with Gasteiger partial charge in [-0.3, -0.25) is 0 Å². The molecule has 1 aromatic carbocycles. The lowest BCUT2D eigenvalue weighted by atomic mass is 9.93. The second-order valence-electron chi connectivity index (χ2n) is 8.66. The van der Waals surface area contributed by atoms with E-state index in [1.807, 2.05) is 0 Å². The molecule has 0 spiro atoms. The molecule has 1 saturated carbocycles. The van der Waals surface area contributed by atoms with Crippen LogP contribution < -0.4 is 5.32 Å². The molecule has 3 nitrogen and oxygen atoms in total. The normalized spacial score (nSPS) is 17.1. The van der Waals surface area contributed by atoms with Gasteiger partial charge in [0.15, 0.2) is 0 Å². The van der Waals surface area contributed by atoms with Crippen molar-refractivity contribution >= 4 is 11.3 Å². The minimum absolute atomic E-state index is 0.0775. The second-order valence-corrected chi connectivity index (χ2v) is 9.44. The van der Waals surface area contributed by atoms with Gasteiger partial charge in [-0.15, -0.1) is 0 Å². The van der Waals surface area contributed by atoms with Crippen LogP contribution in [0.4, 0.5) is 0 Å². The minimum atomic E-state index is -0.496. The van der Waals surface area contributed by atoms with Gasteiger partial charge in [-0.05, 0) is 92.0 Å². The maximum atomic E-state index is 10.4. The number of hydrogen-bond donors (Lipinski definition) is 2. The molecule has 0 bridgehead atoms. The number of aliphatic hydroxyl groups excluding tert-OH is 1. The van der Waals surface area contributed by atoms with Crippen molar-refractivity contribution in [3.05, 3.63) is 57.3 Å². The average molecular weight is 388 g/mol. The topological polar surface area (TPSA) is 41.5 Å². The Kier molecular flexibility index (Phi) is 6.74. The summed E-state index contributed by atoms with van der Waals surface area (Å²) in [7, 11) is 0. The number of β-amino-alcohol motifs (C(OH)–C–C–N with tert-alkyl or cyclic N) is 1. The molecule has 1 aliphatic carbocycles. The largest absolute Gasteiger partial charge is 0.389 e. The zero-order valence-electron chi connectivity index (χ0n) is 17.0. The lowest BCUT2D eigenvalue weighted by Gasteiger charge is -2.29. The summed E-state index contributed by atoms with van der Waals surface area (Å²) in [6.07, 6.45) is 3.05. The molecular formula is C23H33NO2S. The molecule has 27 heavy (non-hydrogen) atoms. The SMILES string of the molecule is Cc1ccc(CC(C)(C)NC[C@@H](O)COC(c2ccsc2)C2CC2)cc1C. The zero-order valence-corrected chi connectivity index (χ0v) is 17.8. The molecule has 2 atom stereocenters. The van der Waals surface area contributed by atoms with Crippen molar-refractivity contribution in [1.82, 2.24) is 5.32 Å². The Morgan fingerprint density at radius 1 is 1.22 bits per heavy atom. The molecule has 0 amide bonds. The van der Waals surface area contributed by atoms with Gasteiger partial charge < -0.3 is 15.2 Å². The molecule has 1 aromatic heterocycles. The molecule has 1 heterocycles. The third-order valence-electron chi connectivity index (χ3n) is 5.42. The monoisotopic (exact) mass is 387 g/mol. The van der Waals surface area contributed by atoms with E-state index < -0.39 is 6.10 Å². The smallest absolute Gasteiger partial charge is 0.0898 e. The van der Waals surface area contributed by atoms with E-state index in [1.54, 1.807) is 11.3 Å². The van der Waals surface area contributed by atoms with Gasteiger partial charge in [-0.1, -0.05) is 18.2 Å². The minimum Gasteiger partial charge on any atom is -0.389 e. The summed E-state index contributed by atoms with van der Waals surface area (Å²) in [5, 5.41) is 18.2. The van der Waals surface area contributed by atoms with Gasteiger partial charge in [-0.25, -0.2) is 0 Å². The van der Waals surface area contributed by atoms with E-state index in [4.69, 9.17) is 4.74 Å². The first-order chi connectivity index (χ1) is 12.8. The highest BCUT2D eigenvalue weighted by molar-refractivity contribution is 7.07. The van der Waals surface area contributed by atoms with Crippen LogP contribution in [0.25, 0.3) is 0 Å². The predicted octanol–water partition coefficient (Wildman–Crippen LogP) is 4.80. The van der Waals surface area contributed by atoms with Crippen LogP contribution >= 0.6 is 11.3 Å². The number of aryl methyl sites for hydroxylation is 2. The Balaban J connectivity index is 1.46. The zero-order chi connectivity index (χ0) is 19.4. The van der Waals surface area contributed by atoms with Gasteiger partial charge in [0.1, 0.15) is 0 Å². The number of nitrogens with one attached hydrogen (secondary N) is 1. The van der Waals surface area contributed by atoms with Gasteiger partial charge in [0, 0.05) is 12.1 Å². The second kappa shape index (κ2) is 8.87. The number of benzene rings is 1. The molecule has 148 valence electrons. The average Bonchev–Trinajstić information content (AvgIpc) is 3.30. The van der Waals surface area contributed by atoms with Crippen LogP contribution in [0.3, 0.4) is 0 Å². The Labute approximate surface area is 167 Å². The van der Waals surface area contributed by atoms with Crippen LogP contribution in [-0.2, 0) is 11.2 Å². The number of aliphatic hydroxyl groups is 1. The van der Waals surface area contributed by atoms with Crippen molar-refractivity contribution in [2.75, 3.05) is 13.2 Å². The van der Waals surface area contributed by atoms with E-state index in [0.717, 1.165) is 6.42 Å². The molecule has 3 rings (SSSR count). The van der Waals surface area contributed by atoms with E-state index in [0.29, 0.717) is 19.1 Å². The maximum Gasteiger partial charge on any atom is 0.0898 e. The van der Waals surface area contributed by atoms with Gasteiger partial charge >= 0.3 is 0 Å². The van der Waals surface area contributed by atoms with Crippen LogP contribution in [0.15, 0.2) is 35.0 Å². The predicted molar refractivity (Wildman–Crippen MR) is 113 cm³/mol. The molecule has 0 aliphatic heterocycles. The van der Waals surface area contributed by atoms with Crippen molar-refractivity contribution in [3.63, 3.8) is 0 Å². The first-order valence-electron chi connectivity index (χ1n) is 9.97. The Morgan fingerprint density at radius 3 is 2.63 bits per heavy atom. The molecule has 0 saturated heterocycles. The summed E-state index contributed by atoms with van der Waals surface area (Å²) in [5.74, 6) is 0.626. The number of rotatable bonds is 10. The van der Waals surface area contributed by atoms with Crippen LogP contribution in [0.1, 0.15) is 55.0 Å². The first-order valence-corrected chi connectivity index (χ1v) is 10.9. The van der Waals surface area contributed by atoms with E-state index in [-0.39, 0.29) is 11.6 Å². The number of hydrogen-bond acceptors (Lipinski definition) is 4. The fourth-order valence-electron chi connectivity index (χ4n) is 3.49. The van der Waals surface area contributed by atoms with E-state index in [9.17, 15) is 5.11 Å². The molecule has 1 fully saturated rings. The molecular weight excluding hydrogens is 354 g/mol.